The first-order chi connectivity index (χ1) is 13.0. The van der Waals surface area contributed by atoms with Crippen molar-refractivity contribution >= 4 is 23.8 Å². The monoisotopic (exact) mass is 370 g/mol. The highest BCUT2D eigenvalue weighted by atomic mass is 16.3. The third kappa shape index (κ3) is 3.39. The molecule has 3 rings (SSSR count). The van der Waals surface area contributed by atoms with Crippen LogP contribution in [-0.4, -0.2) is 35.3 Å². The first kappa shape index (κ1) is 18.2. The van der Waals surface area contributed by atoms with Gasteiger partial charge in [-0.2, -0.15) is 5.01 Å². The van der Waals surface area contributed by atoms with E-state index in [1.54, 1.807) is 37.3 Å². The van der Waals surface area contributed by atoms with Crippen molar-refractivity contribution < 1.29 is 23.6 Å². The lowest BCUT2D eigenvalue weighted by Crippen LogP contribution is -2.51. The average Bonchev–Trinajstić information content (AvgIpc) is 3.30. The van der Waals surface area contributed by atoms with Gasteiger partial charge in [-0.1, -0.05) is 37.3 Å². The fourth-order valence-corrected chi connectivity index (χ4v) is 2.86. The molecule has 0 bridgehead atoms. The summed E-state index contributed by atoms with van der Waals surface area (Å²) < 4.78 is 4.91. The first-order valence-electron chi connectivity index (χ1n) is 8.31. The second-order valence-corrected chi connectivity index (χ2v) is 5.89. The zero-order chi connectivity index (χ0) is 19.4. The molecule has 2 aromatic rings. The minimum atomic E-state index is -1.25. The first-order valence-corrected chi connectivity index (χ1v) is 8.31. The number of hydrogen-bond acceptors (Lipinski definition) is 5. The van der Waals surface area contributed by atoms with Crippen molar-refractivity contribution in [2.45, 2.75) is 18.9 Å². The molecular formula is C18H18N4O5. The molecule has 0 saturated carbocycles. The molecule has 0 unspecified atom stereocenters. The fourth-order valence-electron chi connectivity index (χ4n) is 2.86. The molecule has 5 amide bonds. The number of carbonyl (C=O) groups is 4. The van der Waals surface area contributed by atoms with Crippen molar-refractivity contribution in [3.8, 4) is 0 Å². The average molecular weight is 370 g/mol. The number of urea groups is 1. The maximum absolute atomic E-state index is 12.9. The molecule has 1 fully saturated rings. The molecule has 0 radical (unpaired) electrons. The van der Waals surface area contributed by atoms with Crippen LogP contribution in [0.15, 0.2) is 53.1 Å². The van der Waals surface area contributed by atoms with Gasteiger partial charge in [0.25, 0.3) is 17.7 Å². The summed E-state index contributed by atoms with van der Waals surface area (Å²) in [5, 5.41) is 5.62. The van der Waals surface area contributed by atoms with Crippen LogP contribution in [0.25, 0.3) is 0 Å². The lowest BCUT2D eigenvalue weighted by molar-refractivity contribution is -0.139. The Balaban J connectivity index is 1.66. The predicted octanol–water partition coefficient (Wildman–Crippen LogP) is 0.898. The van der Waals surface area contributed by atoms with Crippen LogP contribution in [-0.2, 0) is 15.1 Å². The summed E-state index contributed by atoms with van der Waals surface area (Å²) in [5.41, 5.74) is 1.60. The van der Waals surface area contributed by atoms with E-state index in [9.17, 15) is 19.2 Å². The van der Waals surface area contributed by atoms with Crippen molar-refractivity contribution in [2.24, 2.45) is 0 Å². The number of amides is 5. The van der Waals surface area contributed by atoms with Gasteiger partial charge in [0.15, 0.2) is 5.76 Å². The van der Waals surface area contributed by atoms with E-state index in [1.807, 2.05) is 0 Å². The minimum Gasteiger partial charge on any atom is -0.459 e. The largest absolute Gasteiger partial charge is 0.459 e. The highest BCUT2D eigenvalue weighted by Gasteiger charge is 2.52. The van der Waals surface area contributed by atoms with Gasteiger partial charge < -0.3 is 15.1 Å². The molecule has 3 N–H and O–H groups in total. The second kappa shape index (κ2) is 7.32. The maximum Gasteiger partial charge on any atom is 0.344 e. The highest BCUT2D eigenvalue weighted by molar-refractivity contribution is 6.08. The Morgan fingerprint density at radius 2 is 1.89 bits per heavy atom. The Morgan fingerprint density at radius 1 is 1.15 bits per heavy atom. The van der Waals surface area contributed by atoms with E-state index in [4.69, 9.17) is 4.42 Å². The van der Waals surface area contributed by atoms with Crippen LogP contribution in [0.5, 0.6) is 0 Å². The standard InChI is InChI=1S/C18H18N4O5/c1-2-18(12-7-4-3-5-8-12)16(25)22(17(26)20-18)21-14(23)11-19-15(24)13-9-6-10-27-13/h3-10H,2,11H2,1H3,(H,19,24)(H,20,26)(H,21,23)/t18-/m0/s1. The molecule has 1 aliphatic heterocycles. The number of imide groups is 1. The summed E-state index contributed by atoms with van der Waals surface area (Å²) >= 11 is 0. The van der Waals surface area contributed by atoms with Gasteiger partial charge >= 0.3 is 6.03 Å². The summed E-state index contributed by atoms with van der Waals surface area (Å²) in [6, 6.07) is 11.0. The van der Waals surface area contributed by atoms with Gasteiger partial charge in [-0.05, 0) is 24.1 Å². The van der Waals surface area contributed by atoms with Crippen molar-refractivity contribution in [3.05, 3.63) is 60.1 Å². The SMILES string of the molecule is CC[C@@]1(c2ccccc2)NC(=O)N(NC(=O)CNC(=O)c2ccco2)C1=O. The van der Waals surface area contributed by atoms with E-state index in [-0.39, 0.29) is 5.76 Å². The number of carbonyl (C=O) groups excluding carboxylic acids is 4. The number of benzene rings is 1. The lowest BCUT2D eigenvalue weighted by Gasteiger charge is -2.25. The van der Waals surface area contributed by atoms with Crippen molar-refractivity contribution in [1.29, 1.82) is 0 Å². The molecule has 1 aromatic carbocycles. The van der Waals surface area contributed by atoms with Crippen LogP contribution >= 0.6 is 0 Å². The summed E-state index contributed by atoms with van der Waals surface area (Å²) in [7, 11) is 0. The van der Waals surface area contributed by atoms with Gasteiger partial charge in [0.2, 0.25) is 0 Å². The second-order valence-electron chi connectivity index (χ2n) is 5.89. The Kier molecular flexibility index (Phi) is 4.93. The predicted molar refractivity (Wildman–Crippen MR) is 93.0 cm³/mol. The molecule has 140 valence electrons. The molecule has 1 atom stereocenters. The number of hydrazine groups is 1. The van der Waals surface area contributed by atoms with Gasteiger partial charge in [0.05, 0.1) is 12.8 Å². The van der Waals surface area contributed by atoms with E-state index < -0.39 is 35.8 Å². The Bertz CT molecular complexity index is 865. The van der Waals surface area contributed by atoms with Crippen LogP contribution in [0.4, 0.5) is 4.79 Å². The molecule has 0 spiro atoms. The third-order valence-corrected chi connectivity index (χ3v) is 4.28. The van der Waals surface area contributed by atoms with Crippen LogP contribution in [0.2, 0.25) is 0 Å². The third-order valence-electron chi connectivity index (χ3n) is 4.28. The molecule has 0 aliphatic carbocycles. The summed E-state index contributed by atoms with van der Waals surface area (Å²) in [4.78, 5) is 49.0. The lowest BCUT2D eigenvalue weighted by atomic mass is 9.87. The van der Waals surface area contributed by atoms with E-state index in [0.29, 0.717) is 17.0 Å². The van der Waals surface area contributed by atoms with Crippen LogP contribution in [0.3, 0.4) is 0 Å². The molecule has 1 aromatic heterocycles. The minimum absolute atomic E-state index is 0.0480. The Hall–Kier alpha value is -3.62. The number of hydrogen-bond donors (Lipinski definition) is 3. The van der Waals surface area contributed by atoms with E-state index in [2.05, 4.69) is 16.1 Å². The van der Waals surface area contributed by atoms with Gasteiger partial charge in [-0.15, -0.1) is 0 Å². The van der Waals surface area contributed by atoms with Gasteiger partial charge in [0, 0.05) is 0 Å². The fraction of sp³-hybridized carbons (Fsp3) is 0.222. The van der Waals surface area contributed by atoms with Gasteiger partial charge in [-0.3, -0.25) is 19.8 Å². The number of nitrogens with zero attached hydrogens (tertiary/aromatic N) is 1. The van der Waals surface area contributed by atoms with Crippen molar-refractivity contribution in [3.63, 3.8) is 0 Å². The van der Waals surface area contributed by atoms with Gasteiger partial charge in [-0.25, -0.2) is 4.79 Å². The normalized spacial score (nSPS) is 18.9. The number of furan rings is 1. The van der Waals surface area contributed by atoms with Crippen molar-refractivity contribution in [1.82, 2.24) is 21.1 Å². The maximum atomic E-state index is 12.9. The van der Waals surface area contributed by atoms with Gasteiger partial charge in [0.1, 0.15) is 5.54 Å². The van der Waals surface area contributed by atoms with E-state index in [1.165, 1.54) is 18.4 Å². The number of rotatable bonds is 6. The van der Waals surface area contributed by atoms with Crippen LogP contribution in [0.1, 0.15) is 29.5 Å². The molecule has 2 heterocycles. The Morgan fingerprint density at radius 3 is 2.52 bits per heavy atom. The van der Waals surface area contributed by atoms with E-state index in [0.717, 1.165) is 0 Å². The molecule has 9 heteroatoms. The smallest absolute Gasteiger partial charge is 0.344 e. The van der Waals surface area contributed by atoms with Crippen LogP contribution in [0, 0.1) is 0 Å². The summed E-state index contributed by atoms with van der Waals surface area (Å²) in [5.74, 6) is -1.85. The van der Waals surface area contributed by atoms with E-state index >= 15 is 0 Å². The summed E-state index contributed by atoms with van der Waals surface area (Å²) in [6.45, 7) is 1.33. The topological polar surface area (TPSA) is 121 Å². The molecule has 27 heavy (non-hydrogen) atoms. The highest BCUT2D eigenvalue weighted by Crippen LogP contribution is 2.31. The molecule has 9 nitrogen and oxygen atoms in total. The number of nitrogens with one attached hydrogen (secondary N) is 3. The molecular weight excluding hydrogens is 352 g/mol. The quantitative estimate of drug-likeness (QED) is 0.653. The van der Waals surface area contributed by atoms with Crippen LogP contribution < -0.4 is 16.1 Å². The zero-order valence-corrected chi connectivity index (χ0v) is 14.5. The Labute approximate surface area is 154 Å². The zero-order valence-electron chi connectivity index (χ0n) is 14.5. The van der Waals surface area contributed by atoms with Crippen molar-refractivity contribution in [2.75, 3.05) is 6.54 Å². The molecule has 1 saturated heterocycles. The summed E-state index contributed by atoms with van der Waals surface area (Å²) in [6.07, 6.45) is 1.64. The molecule has 1 aliphatic rings.